The molecule has 3 aromatic rings. The maximum atomic E-state index is 13.7. The quantitative estimate of drug-likeness (QED) is 0.366. The highest BCUT2D eigenvalue weighted by Crippen LogP contribution is 2.22. The summed E-state index contributed by atoms with van der Waals surface area (Å²) in [4.78, 5) is 29.0. The Hall–Kier alpha value is -3.51. The Kier molecular flexibility index (Phi) is 9.44. The first-order chi connectivity index (χ1) is 18.0. The van der Waals surface area contributed by atoms with Crippen molar-refractivity contribution in [2.75, 3.05) is 13.7 Å². The largest absolute Gasteiger partial charge is 0.497 e. The van der Waals surface area contributed by atoms with Crippen molar-refractivity contribution in [3.63, 3.8) is 0 Å². The van der Waals surface area contributed by atoms with E-state index in [1.54, 1.807) is 36.3 Å². The van der Waals surface area contributed by atoms with Gasteiger partial charge in [0.2, 0.25) is 5.91 Å². The Labute approximate surface area is 223 Å². The van der Waals surface area contributed by atoms with Crippen LogP contribution in [-0.4, -0.2) is 42.5 Å². The molecule has 6 nitrogen and oxygen atoms in total. The SMILES string of the molecule is COc1cccc(CN(C(=O)COc2cccc(Cl)c2)[C@H](Cc2ccccc2)C(=O)NC2CCCC2)c1. The van der Waals surface area contributed by atoms with Gasteiger partial charge >= 0.3 is 0 Å². The molecule has 0 aliphatic heterocycles. The van der Waals surface area contributed by atoms with Crippen molar-refractivity contribution < 1.29 is 19.1 Å². The van der Waals surface area contributed by atoms with E-state index in [4.69, 9.17) is 21.1 Å². The number of nitrogens with one attached hydrogen (secondary N) is 1. The van der Waals surface area contributed by atoms with Gasteiger partial charge in [-0.2, -0.15) is 0 Å². The molecule has 0 radical (unpaired) electrons. The van der Waals surface area contributed by atoms with Gasteiger partial charge in [0.15, 0.2) is 6.61 Å². The number of ether oxygens (including phenoxy) is 2. The van der Waals surface area contributed by atoms with Crippen LogP contribution in [0.4, 0.5) is 0 Å². The standard InChI is InChI=1S/C30H33ClN2O4/c1-36-26-15-7-11-23(17-26)20-33(29(34)21-37-27-16-8-12-24(31)19-27)28(18-22-9-3-2-4-10-22)30(35)32-25-13-5-6-14-25/h2-4,7-12,15-17,19,25,28H,5-6,13-14,18,20-21H2,1H3,(H,32,35)/t28-/m1/s1. The van der Waals surface area contributed by atoms with Crippen molar-refractivity contribution in [3.05, 3.63) is 95.0 Å². The zero-order chi connectivity index (χ0) is 26.0. The van der Waals surface area contributed by atoms with E-state index in [2.05, 4.69) is 5.32 Å². The fourth-order valence-corrected chi connectivity index (χ4v) is 4.85. The summed E-state index contributed by atoms with van der Waals surface area (Å²) in [5, 5.41) is 3.73. The maximum Gasteiger partial charge on any atom is 0.261 e. The van der Waals surface area contributed by atoms with Gasteiger partial charge in [0.25, 0.3) is 5.91 Å². The number of methoxy groups -OCH3 is 1. The van der Waals surface area contributed by atoms with Gasteiger partial charge in [-0.3, -0.25) is 9.59 Å². The number of benzene rings is 3. The van der Waals surface area contributed by atoms with Crippen molar-refractivity contribution in [1.29, 1.82) is 0 Å². The van der Waals surface area contributed by atoms with Gasteiger partial charge in [0, 0.05) is 24.0 Å². The molecule has 0 unspecified atom stereocenters. The predicted octanol–water partition coefficient (Wildman–Crippen LogP) is 5.43. The summed E-state index contributed by atoms with van der Waals surface area (Å²) in [5.74, 6) is 0.757. The molecule has 2 amide bonds. The van der Waals surface area contributed by atoms with Gasteiger partial charge in [-0.05, 0) is 54.3 Å². The van der Waals surface area contributed by atoms with Gasteiger partial charge in [-0.15, -0.1) is 0 Å². The van der Waals surface area contributed by atoms with Crippen molar-refractivity contribution in [2.45, 2.75) is 50.7 Å². The third-order valence-electron chi connectivity index (χ3n) is 6.62. The number of carbonyl (C=O) groups excluding carboxylic acids is 2. The van der Waals surface area contributed by atoms with Gasteiger partial charge in [0.05, 0.1) is 7.11 Å². The Morgan fingerprint density at radius 3 is 2.38 bits per heavy atom. The number of amides is 2. The first-order valence-corrected chi connectivity index (χ1v) is 13.0. The van der Waals surface area contributed by atoms with Crippen LogP contribution in [0.1, 0.15) is 36.8 Å². The summed E-state index contributed by atoms with van der Waals surface area (Å²) in [6.45, 7) is 0.0246. The number of rotatable bonds is 11. The van der Waals surface area contributed by atoms with Gasteiger partial charge < -0.3 is 19.7 Å². The second-order valence-electron chi connectivity index (χ2n) is 9.31. The van der Waals surface area contributed by atoms with Crippen LogP contribution in [0.25, 0.3) is 0 Å². The lowest BCUT2D eigenvalue weighted by molar-refractivity contribution is -0.143. The van der Waals surface area contributed by atoms with E-state index in [1.807, 2.05) is 54.6 Å². The number of carbonyl (C=O) groups is 2. The molecule has 0 aromatic heterocycles. The van der Waals surface area contributed by atoms with Crippen molar-refractivity contribution in [1.82, 2.24) is 10.2 Å². The minimum Gasteiger partial charge on any atom is -0.497 e. The van der Waals surface area contributed by atoms with E-state index in [9.17, 15) is 9.59 Å². The van der Waals surface area contributed by atoms with E-state index < -0.39 is 6.04 Å². The zero-order valence-electron chi connectivity index (χ0n) is 21.1. The first kappa shape index (κ1) is 26.6. The Balaban J connectivity index is 1.62. The molecule has 1 N–H and O–H groups in total. The van der Waals surface area contributed by atoms with Crippen molar-refractivity contribution >= 4 is 23.4 Å². The number of hydrogen-bond acceptors (Lipinski definition) is 4. The lowest BCUT2D eigenvalue weighted by Crippen LogP contribution is -2.53. The molecule has 0 saturated heterocycles. The summed E-state index contributed by atoms with van der Waals surface area (Å²) >= 11 is 6.08. The summed E-state index contributed by atoms with van der Waals surface area (Å²) in [6.07, 6.45) is 4.53. The Bertz CT molecular complexity index is 1180. The molecular formula is C30H33ClN2O4. The minimum absolute atomic E-state index is 0.141. The molecule has 0 spiro atoms. The van der Waals surface area contributed by atoms with Crippen molar-refractivity contribution in [3.8, 4) is 11.5 Å². The fraction of sp³-hybridized carbons (Fsp3) is 0.333. The molecule has 194 valence electrons. The van der Waals surface area contributed by atoms with E-state index in [-0.39, 0.29) is 31.0 Å². The molecule has 0 heterocycles. The lowest BCUT2D eigenvalue weighted by Gasteiger charge is -2.32. The smallest absolute Gasteiger partial charge is 0.261 e. The second-order valence-corrected chi connectivity index (χ2v) is 9.75. The molecule has 1 saturated carbocycles. The van der Waals surface area contributed by atoms with E-state index in [0.717, 1.165) is 36.8 Å². The lowest BCUT2D eigenvalue weighted by atomic mass is 10.0. The average molecular weight is 521 g/mol. The summed E-state index contributed by atoms with van der Waals surface area (Å²) in [7, 11) is 1.61. The molecule has 0 bridgehead atoms. The molecule has 1 atom stereocenters. The average Bonchev–Trinajstić information content (AvgIpc) is 3.43. The van der Waals surface area contributed by atoms with Gasteiger partial charge in [-0.1, -0.05) is 73.0 Å². The third-order valence-corrected chi connectivity index (χ3v) is 6.85. The topological polar surface area (TPSA) is 67.9 Å². The summed E-state index contributed by atoms with van der Waals surface area (Å²) < 4.78 is 11.2. The molecule has 1 aliphatic rings. The summed E-state index contributed by atoms with van der Waals surface area (Å²) in [6, 6.07) is 23.7. The van der Waals surface area contributed by atoms with Gasteiger partial charge in [0.1, 0.15) is 17.5 Å². The van der Waals surface area contributed by atoms with Crippen LogP contribution in [0.15, 0.2) is 78.9 Å². The van der Waals surface area contributed by atoms with Crippen LogP contribution in [0.3, 0.4) is 0 Å². The van der Waals surface area contributed by atoms with E-state index in [0.29, 0.717) is 22.9 Å². The minimum atomic E-state index is -0.704. The van der Waals surface area contributed by atoms with Crippen LogP contribution >= 0.6 is 11.6 Å². The molecule has 1 aliphatic carbocycles. The van der Waals surface area contributed by atoms with Crippen LogP contribution in [0.2, 0.25) is 5.02 Å². The van der Waals surface area contributed by atoms with Crippen molar-refractivity contribution in [2.24, 2.45) is 0 Å². The van der Waals surface area contributed by atoms with E-state index >= 15 is 0 Å². The molecule has 1 fully saturated rings. The molecular weight excluding hydrogens is 488 g/mol. The highest BCUT2D eigenvalue weighted by molar-refractivity contribution is 6.30. The third kappa shape index (κ3) is 7.73. The molecule has 7 heteroatoms. The predicted molar refractivity (Wildman–Crippen MR) is 145 cm³/mol. The Morgan fingerprint density at radius 2 is 1.65 bits per heavy atom. The molecule has 37 heavy (non-hydrogen) atoms. The number of nitrogens with zero attached hydrogens (tertiary/aromatic N) is 1. The van der Waals surface area contributed by atoms with Crippen LogP contribution in [0.5, 0.6) is 11.5 Å². The highest BCUT2D eigenvalue weighted by Gasteiger charge is 2.32. The number of halogens is 1. The van der Waals surface area contributed by atoms with Crippen LogP contribution in [-0.2, 0) is 22.6 Å². The fourth-order valence-electron chi connectivity index (χ4n) is 4.67. The molecule has 3 aromatic carbocycles. The molecule has 4 rings (SSSR count). The number of hydrogen-bond donors (Lipinski definition) is 1. The first-order valence-electron chi connectivity index (χ1n) is 12.7. The van der Waals surface area contributed by atoms with Crippen LogP contribution in [0, 0.1) is 0 Å². The maximum absolute atomic E-state index is 13.7. The second kappa shape index (κ2) is 13.2. The van der Waals surface area contributed by atoms with Gasteiger partial charge in [-0.25, -0.2) is 0 Å². The monoisotopic (exact) mass is 520 g/mol. The van der Waals surface area contributed by atoms with E-state index in [1.165, 1.54) is 0 Å². The normalized spacial score (nSPS) is 14.1. The highest BCUT2D eigenvalue weighted by atomic mass is 35.5. The zero-order valence-corrected chi connectivity index (χ0v) is 21.8. The van der Waals surface area contributed by atoms with Crippen LogP contribution < -0.4 is 14.8 Å². The Morgan fingerprint density at radius 1 is 0.946 bits per heavy atom. The summed E-state index contributed by atoms with van der Waals surface area (Å²) in [5.41, 5.74) is 1.84.